The largest absolute Gasteiger partial charge is 0.312 e. The first-order valence-corrected chi connectivity index (χ1v) is 7.46. The molecule has 1 fully saturated rings. The molecule has 1 amide bonds. The molecule has 0 unspecified atom stereocenters. The summed E-state index contributed by atoms with van der Waals surface area (Å²) in [4.78, 5) is 16.6. The van der Waals surface area contributed by atoms with Crippen LogP contribution in [-0.4, -0.2) is 37.0 Å². The van der Waals surface area contributed by atoms with Gasteiger partial charge in [-0.05, 0) is 31.4 Å². The molecule has 2 aliphatic rings. The highest BCUT2D eigenvalue weighted by Gasteiger charge is 2.31. The Kier molecular flexibility index (Phi) is 3.88. The van der Waals surface area contributed by atoms with Crippen LogP contribution in [0.5, 0.6) is 0 Å². The Bertz CT molecular complexity index is 509. The zero-order valence-electron chi connectivity index (χ0n) is 12.1. The number of rotatable bonds is 3. The Labute approximate surface area is 120 Å². The third-order valence-corrected chi connectivity index (χ3v) is 4.31. The molecule has 3 heteroatoms. The second-order valence-corrected chi connectivity index (χ2v) is 5.97. The molecule has 3 rings (SSSR count). The van der Waals surface area contributed by atoms with Crippen molar-refractivity contribution in [1.82, 2.24) is 4.90 Å². The number of hydrogen-bond acceptors (Lipinski definition) is 2. The fraction of sp³-hybridized carbons (Fsp3) is 0.471. The molecular formula is C17H22N2O. The molecule has 1 aromatic rings. The van der Waals surface area contributed by atoms with Crippen LogP contribution < -0.4 is 4.90 Å². The maximum atomic E-state index is 12.2. The monoisotopic (exact) mass is 270 g/mol. The maximum Gasteiger partial charge on any atom is 0.227 e. The fourth-order valence-electron chi connectivity index (χ4n) is 3.11. The Morgan fingerprint density at radius 3 is 2.75 bits per heavy atom. The second-order valence-electron chi connectivity index (χ2n) is 5.97. The van der Waals surface area contributed by atoms with Crippen molar-refractivity contribution in [2.75, 3.05) is 31.1 Å². The molecule has 1 atom stereocenters. The molecule has 20 heavy (non-hydrogen) atoms. The van der Waals surface area contributed by atoms with Crippen LogP contribution in [-0.2, 0) is 4.79 Å². The van der Waals surface area contributed by atoms with E-state index in [4.69, 9.17) is 0 Å². The summed E-state index contributed by atoms with van der Waals surface area (Å²) >= 11 is 0. The van der Waals surface area contributed by atoms with Crippen molar-refractivity contribution in [3.05, 3.63) is 42.0 Å². The van der Waals surface area contributed by atoms with Gasteiger partial charge in [-0.1, -0.05) is 29.8 Å². The zero-order chi connectivity index (χ0) is 13.9. The number of para-hydroxylation sites is 1. The van der Waals surface area contributed by atoms with E-state index in [1.54, 1.807) is 0 Å². The molecule has 0 bridgehead atoms. The van der Waals surface area contributed by atoms with E-state index in [9.17, 15) is 4.79 Å². The summed E-state index contributed by atoms with van der Waals surface area (Å²) in [7, 11) is 0. The molecule has 3 nitrogen and oxygen atoms in total. The smallest absolute Gasteiger partial charge is 0.227 e. The van der Waals surface area contributed by atoms with Crippen LogP contribution in [0.15, 0.2) is 42.0 Å². The van der Waals surface area contributed by atoms with Crippen molar-refractivity contribution in [3.63, 3.8) is 0 Å². The predicted molar refractivity (Wildman–Crippen MR) is 81.7 cm³/mol. The molecule has 2 heterocycles. The quantitative estimate of drug-likeness (QED) is 0.788. The van der Waals surface area contributed by atoms with Crippen LogP contribution in [0.3, 0.4) is 0 Å². The van der Waals surface area contributed by atoms with Gasteiger partial charge in [-0.15, -0.1) is 0 Å². The van der Waals surface area contributed by atoms with Gasteiger partial charge in [0.05, 0.1) is 0 Å². The van der Waals surface area contributed by atoms with Gasteiger partial charge in [0.15, 0.2) is 0 Å². The molecule has 1 aromatic carbocycles. The summed E-state index contributed by atoms with van der Waals surface area (Å²) in [5, 5.41) is 0. The van der Waals surface area contributed by atoms with Gasteiger partial charge in [-0.3, -0.25) is 9.69 Å². The lowest BCUT2D eigenvalue weighted by atomic mass is 10.1. The third kappa shape index (κ3) is 2.93. The summed E-state index contributed by atoms with van der Waals surface area (Å²) in [6.45, 7) is 6.29. The average molecular weight is 270 g/mol. The molecule has 0 saturated carbocycles. The van der Waals surface area contributed by atoms with Crippen molar-refractivity contribution in [1.29, 1.82) is 0 Å². The van der Waals surface area contributed by atoms with Crippen molar-refractivity contribution in [2.45, 2.75) is 19.8 Å². The molecule has 0 spiro atoms. The van der Waals surface area contributed by atoms with Gasteiger partial charge in [0.1, 0.15) is 0 Å². The molecule has 0 radical (unpaired) electrons. The van der Waals surface area contributed by atoms with Crippen LogP contribution in [0.4, 0.5) is 5.69 Å². The lowest BCUT2D eigenvalue weighted by Gasteiger charge is -2.27. The summed E-state index contributed by atoms with van der Waals surface area (Å²) in [5.74, 6) is 0.736. The van der Waals surface area contributed by atoms with Crippen LogP contribution in [0.1, 0.15) is 19.8 Å². The molecular weight excluding hydrogens is 248 g/mol. The van der Waals surface area contributed by atoms with E-state index < -0.39 is 0 Å². The fourth-order valence-corrected chi connectivity index (χ4v) is 3.11. The van der Waals surface area contributed by atoms with Crippen LogP contribution >= 0.6 is 0 Å². The number of amides is 1. The van der Waals surface area contributed by atoms with Crippen molar-refractivity contribution in [2.24, 2.45) is 5.92 Å². The van der Waals surface area contributed by atoms with Crippen LogP contribution in [0.2, 0.25) is 0 Å². The third-order valence-electron chi connectivity index (χ3n) is 4.31. The van der Waals surface area contributed by atoms with Gasteiger partial charge in [-0.25, -0.2) is 0 Å². The van der Waals surface area contributed by atoms with E-state index >= 15 is 0 Å². The Hall–Kier alpha value is -1.61. The highest BCUT2D eigenvalue weighted by Crippen LogP contribution is 2.26. The van der Waals surface area contributed by atoms with Gasteiger partial charge < -0.3 is 4.90 Å². The Morgan fingerprint density at radius 1 is 1.25 bits per heavy atom. The van der Waals surface area contributed by atoms with Gasteiger partial charge in [0.2, 0.25) is 5.91 Å². The first-order valence-electron chi connectivity index (χ1n) is 7.46. The lowest BCUT2D eigenvalue weighted by molar-refractivity contribution is -0.117. The summed E-state index contributed by atoms with van der Waals surface area (Å²) < 4.78 is 0. The minimum absolute atomic E-state index is 0.268. The normalized spacial score (nSPS) is 24.1. The SMILES string of the molecule is CC1=CCN(C[C@H]2CC(=O)N(c3ccccc3)C2)CC1. The highest BCUT2D eigenvalue weighted by atomic mass is 16.2. The number of benzene rings is 1. The first kappa shape index (κ1) is 13.4. The van der Waals surface area contributed by atoms with Crippen LogP contribution in [0.25, 0.3) is 0 Å². The van der Waals surface area contributed by atoms with Gasteiger partial charge in [0.25, 0.3) is 0 Å². The van der Waals surface area contributed by atoms with Gasteiger partial charge >= 0.3 is 0 Å². The lowest BCUT2D eigenvalue weighted by Crippen LogP contribution is -2.34. The average Bonchev–Trinajstić information content (AvgIpc) is 2.83. The first-order chi connectivity index (χ1) is 9.72. The minimum atomic E-state index is 0.268. The van der Waals surface area contributed by atoms with E-state index in [0.29, 0.717) is 12.3 Å². The van der Waals surface area contributed by atoms with E-state index in [1.165, 1.54) is 12.0 Å². The Balaban J connectivity index is 1.60. The summed E-state index contributed by atoms with van der Waals surface area (Å²) in [6, 6.07) is 10.0. The molecule has 1 saturated heterocycles. The van der Waals surface area contributed by atoms with E-state index in [0.717, 1.165) is 31.9 Å². The summed E-state index contributed by atoms with van der Waals surface area (Å²) in [5.41, 5.74) is 2.53. The standard InChI is InChI=1S/C17H22N2O/c1-14-7-9-18(10-8-14)12-15-11-17(20)19(13-15)16-5-3-2-4-6-16/h2-7,15H,8-13H2,1H3/t15-/m1/s1. The van der Waals surface area contributed by atoms with Gasteiger partial charge in [-0.2, -0.15) is 0 Å². The number of hydrogen-bond donors (Lipinski definition) is 0. The van der Waals surface area contributed by atoms with Gasteiger partial charge in [0, 0.05) is 38.3 Å². The second kappa shape index (κ2) is 5.80. The topological polar surface area (TPSA) is 23.6 Å². The highest BCUT2D eigenvalue weighted by molar-refractivity contribution is 5.95. The number of carbonyl (C=O) groups is 1. The molecule has 0 aromatic heterocycles. The Morgan fingerprint density at radius 2 is 2.05 bits per heavy atom. The van der Waals surface area contributed by atoms with E-state index in [2.05, 4.69) is 17.9 Å². The van der Waals surface area contributed by atoms with E-state index in [1.807, 2.05) is 35.2 Å². The molecule has 0 aliphatic carbocycles. The molecule has 0 N–H and O–H groups in total. The summed E-state index contributed by atoms with van der Waals surface area (Å²) in [6.07, 6.45) is 4.17. The number of nitrogens with zero attached hydrogens (tertiary/aromatic N) is 2. The van der Waals surface area contributed by atoms with Crippen LogP contribution in [0, 0.1) is 5.92 Å². The van der Waals surface area contributed by atoms with Crippen molar-refractivity contribution < 1.29 is 4.79 Å². The maximum absolute atomic E-state index is 12.2. The number of carbonyl (C=O) groups excluding carboxylic acids is 1. The van der Waals surface area contributed by atoms with Crippen molar-refractivity contribution in [3.8, 4) is 0 Å². The predicted octanol–water partition coefficient (Wildman–Crippen LogP) is 2.69. The molecule has 106 valence electrons. The van der Waals surface area contributed by atoms with E-state index in [-0.39, 0.29) is 5.91 Å². The number of anilines is 1. The zero-order valence-corrected chi connectivity index (χ0v) is 12.1. The molecule has 2 aliphatic heterocycles. The van der Waals surface area contributed by atoms with Crippen molar-refractivity contribution >= 4 is 11.6 Å². The minimum Gasteiger partial charge on any atom is -0.312 e.